The molecule has 0 radical (unpaired) electrons. The quantitative estimate of drug-likeness (QED) is 0.641. The van der Waals surface area contributed by atoms with Crippen LogP contribution in [0.25, 0.3) is 0 Å². The highest BCUT2D eigenvalue weighted by Gasteiger charge is 2.15. The topological polar surface area (TPSA) is 72.2 Å². The second kappa shape index (κ2) is 9.39. The van der Waals surface area contributed by atoms with Crippen molar-refractivity contribution in [2.45, 2.75) is 33.1 Å². The molecule has 0 spiro atoms. The van der Waals surface area contributed by atoms with Crippen LogP contribution in [0.15, 0.2) is 0 Å². The van der Waals surface area contributed by atoms with E-state index in [0.29, 0.717) is 19.5 Å². The van der Waals surface area contributed by atoms with Gasteiger partial charge < -0.3 is 5.73 Å². The molecule has 0 aromatic carbocycles. The SMILES string of the molecule is CCC(CC)CS(=O)(=O)NCCCN.Cl. The van der Waals surface area contributed by atoms with E-state index in [2.05, 4.69) is 4.72 Å². The Morgan fingerprint density at radius 3 is 2.20 bits per heavy atom. The van der Waals surface area contributed by atoms with Gasteiger partial charge >= 0.3 is 0 Å². The molecule has 15 heavy (non-hydrogen) atoms. The first-order valence-corrected chi connectivity index (χ1v) is 6.88. The number of hydrogen-bond acceptors (Lipinski definition) is 3. The van der Waals surface area contributed by atoms with Crippen LogP contribution in [0.4, 0.5) is 0 Å². The van der Waals surface area contributed by atoms with Crippen molar-refractivity contribution in [2.24, 2.45) is 11.7 Å². The molecule has 0 aromatic heterocycles. The monoisotopic (exact) mass is 258 g/mol. The lowest BCUT2D eigenvalue weighted by molar-refractivity contribution is 0.516. The number of rotatable bonds is 8. The Hall–Kier alpha value is 0.160. The number of sulfonamides is 1. The van der Waals surface area contributed by atoms with Gasteiger partial charge in [-0.15, -0.1) is 12.4 Å². The van der Waals surface area contributed by atoms with Crippen LogP contribution in [0.1, 0.15) is 33.1 Å². The predicted molar refractivity (Wildman–Crippen MR) is 66.8 cm³/mol. The summed E-state index contributed by atoms with van der Waals surface area (Å²) in [5.74, 6) is 0.510. The Kier molecular flexibility index (Phi) is 11.0. The second-order valence-corrected chi connectivity index (χ2v) is 5.35. The van der Waals surface area contributed by atoms with Crippen LogP contribution < -0.4 is 10.5 Å². The molecular formula is C9H23ClN2O2S. The summed E-state index contributed by atoms with van der Waals surface area (Å²) < 4.78 is 25.5. The third-order valence-corrected chi connectivity index (χ3v) is 3.87. The van der Waals surface area contributed by atoms with Crippen molar-refractivity contribution in [1.29, 1.82) is 0 Å². The van der Waals surface area contributed by atoms with Gasteiger partial charge in [0.1, 0.15) is 0 Å². The van der Waals surface area contributed by atoms with Gasteiger partial charge in [-0.05, 0) is 18.9 Å². The average molecular weight is 259 g/mol. The highest BCUT2D eigenvalue weighted by Crippen LogP contribution is 2.09. The van der Waals surface area contributed by atoms with Gasteiger partial charge in [0.25, 0.3) is 0 Å². The predicted octanol–water partition coefficient (Wildman–Crippen LogP) is 1.11. The molecule has 0 heterocycles. The van der Waals surface area contributed by atoms with Gasteiger partial charge in [0, 0.05) is 6.54 Å². The molecule has 0 amide bonds. The molecule has 0 aliphatic rings. The summed E-state index contributed by atoms with van der Waals surface area (Å²) in [6, 6.07) is 0. The molecule has 0 atom stereocenters. The minimum Gasteiger partial charge on any atom is -0.330 e. The summed E-state index contributed by atoms with van der Waals surface area (Å²) >= 11 is 0. The minimum absolute atomic E-state index is 0. The van der Waals surface area contributed by atoms with Crippen molar-refractivity contribution in [3.05, 3.63) is 0 Å². The first kappa shape index (κ1) is 17.6. The number of hydrogen-bond donors (Lipinski definition) is 2. The molecular weight excluding hydrogens is 236 g/mol. The number of nitrogens with two attached hydrogens (primary N) is 1. The zero-order valence-corrected chi connectivity index (χ0v) is 11.2. The van der Waals surface area contributed by atoms with Crippen LogP contribution in [0.2, 0.25) is 0 Å². The Balaban J connectivity index is 0. The molecule has 0 unspecified atom stereocenters. The van der Waals surface area contributed by atoms with E-state index in [4.69, 9.17) is 5.73 Å². The smallest absolute Gasteiger partial charge is 0.211 e. The Bertz CT molecular complexity index is 228. The zero-order valence-electron chi connectivity index (χ0n) is 9.53. The van der Waals surface area contributed by atoms with E-state index < -0.39 is 10.0 Å². The second-order valence-electron chi connectivity index (χ2n) is 3.50. The molecule has 3 N–H and O–H groups in total. The lowest BCUT2D eigenvalue weighted by Crippen LogP contribution is -2.31. The van der Waals surface area contributed by atoms with Crippen molar-refractivity contribution in [3.8, 4) is 0 Å². The maximum absolute atomic E-state index is 11.5. The summed E-state index contributed by atoms with van der Waals surface area (Å²) in [5.41, 5.74) is 5.28. The zero-order chi connectivity index (χ0) is 11.0. The maximum Gasteiger partial charge on any atom is 0.211 e. The van der Waals surface area contributed by atoms with Gasteiger partial charge in [-0.3, -0.25) is 0 Å². The van der Waals surface area contributed by atoms with Crippen LogP contribution >= 0.6 is 12.4 Å². The first-order chi connectivity index (χ1) is 6.55. The van der Waals surface area contributed by atoms with Gasteiger partial charge in [0.05, 0.1) is 5.75 Å². The molecule has 0 aromatic rings. The van der Waals surface area contributed by atoms with Crippen LogP contribution in [-0.4, -0.2) is 27.3 Å². The summed E-state index contributed by atoms with van der Waals surface area (Å²) in [6.45, 7) is 5.01. The standard InChI is InChI=1S/C9H22N2O2S.ClH/c1-3-9(4-2)8-14(12,13)11-7-5-6-10;/h9,11H,3-8,10H2,1-2H3;1H. The molecule has 0 rings (SSSR count). The van der Waals surface area contributed by atoms with Gasteiger partial charge in [-0.1, -0.05) is 26.7 Å². The number of halogens is 1. The molecule has 94 valence electrons. The van der Waals surface area contributed by atoms with Crippen LogP contribution in [0.3, 0.4) is 0 Å². The normalized spacial score (nSPS) is 11.5. The molecule has 0 fully saturated rings. The van der Waals surface area contributed by atoms with Gasteiger partial charge in [0.15, 0.2) is 0 Å². The summed E-state index contributed by atoms with van der Waals surface area (Å²) in [7, 11) is -3.08. The molecule has 0 saturated carbocycles. The van der Waals surface area contributed by atoms with Crippen LogP contribution in [0, 0.1) is 5.92 Å². The van der Waals surface area contributed by atoms with E-state index in [1.54, 1.807) is 0 Å². The summed E-state index contributed by atoms with van der Waals surface area (Å²) in [4.78, 5) is 0. The third kappa shape index (κ3) is 9.11. The van der Waals surface area contributed by atoms with E-state index in [9.17, 15) is 8.42 Å². The largest absolute Gasteiger partial charge is 0.330 e. The maximum atomic E-state index is 11.5. The Labute approximate surface area is 99.5 Å². The first-order valence-electron chi connectivity index (χ1n) is 5.23. The van der Waals surface area contributed by atoms with Gasteiger partial charge in [-0.2, -0.15) is 0 Å². The van der Waals surface area contributed by atoms with Gasteiger partial charge in [-0.25, -0.2) is 13.1 Å². The average Bonchev–Trinajstić information content (AvgIpc) is 2.14. The van der Waals surface area contributed by atoms with Crippen molar-refractivity contribution in [2.75, 3.05) is 18.8 Å². The molecule has 6 heteroatoms. The van der Waals surface area contributed by atoms with Crippen molar-refractivity contribution in [3.63, 3.8) is 0 Å². The van der Waals surface area contributed by atoms with E-state index in [0.717, 1.165) is 12.8 Å². The fraction of sp³-hybridized carbons (Fsp3) is 1.00. The van der Waals surface area contributed by atoms with E-state index in [1.165, 1.54) is 0 Å². The fourth-order valence-electron chi connectivity index (χ4n) is 1.22. The number of nitrogens with one attached hydrogen (secondary N) is 1. The Morgan fingerprint density at radius 1 is 1.27 bits per heavy atom. The van der Waals surface area contributed by atoms with E-state index in [1.807, 2.05) is 13.8 Å². The Morgan fingerprint density at radius 2 is 1.80 bits per heavy atom. The van der Waals surface area contributed by atoms with Crippen molar-refractivity contribution in [1.82, 2.24) is 4.72 Å². The van der Waals surface area contributed by atoms with Crippen LogP contribution in [-0.2, 0) is 10.0 Å². The van der Waals surface area contributed by atoms with E-state index >= 15 is 0 Å². The van der Waals surface area contributed by atoms with Crippen LogP contribution in [0.5, 0.6) is 0 Å². The molecule has 0 aliphatic heterocycles. The third-order valence-electron chi connectivity index (χ3n) is 2.31. The molecule has 4 nitrogen and oxygen atoms in total. The highest BCUT2D eigenvalue weighted by molar-refractivity contribution is 7.89. The highest BCUT2D eigenvalue weighted by atomic mass is 35.5. The molecule has 0 bridgehead atoms. The summed E-state index contributed by atoms with van der Waals surface area (Å²) in [6.07, 6.45) is 2.52. The molecule has 0 aliphatic carbocycles. The lowest BCUT2D eigenvalue weighted by atomic mass is 10.1. The lowest BCUT2D eigenvalue weighted by Gasteiger charge is -2.12. The summed E-state index contributed by atoms with van der Waals surface area (Å²) in [5, 5.41) is 0. The van der Waals surface area contributed by atoms with Gasteiger partial charge in [0.2, 0.25) is 10.0 Å². The molecule has 0 saturated heterocycles. The fourth-order valence-corrected chi connectivity index (χ4v) is 2.89. The van der Waals surface area contributed by atoms with Crippen molar-refractivity contribution >= 4 is 22.4 Å². The van der Waals surface area contributed by atoms with E-state index in [-0.39, 0.29) is 24.1 Å². The van der Waals surface area contributed by atoms with Crippen molar-refractivity contribution < 1.29 is 8.42 Å². The minimum atomic E-state index is -3.08.